The lowest BCUT2D eigenvalue weighted by Crippen LogP contribution is -2.14. The normalized spacial score (nSPS) is 15.3. The van der Waals surface area contributed by atoms with Gasteiger partial charge in [0.2, 0.25) is 5.82 Å². The van der Waals surface area contributed by atoms with E-state index in [1.165, 1.54) is 6.33 Å². The highest BCUT2D eigenvalue weighted by Gasteiger charge is 2.17. The van der Waals surface area contributed by atoms with Gasteiger partial charge in [0.1, 0.15) is 5.52 Å². The average Bonchev–Trinajstić information content (AvgIpc) is 2.98. The van der Waals surface area contributed by atoms with Gasteiger partial charge in [0.25, 0.3) is 0 Å². The molecule has 0 fully saturated rings. The Bertz CT molecular complexity index is 589. The number of imidazole rings is 1. The summed E-state index contributed by atoms with van der Waals surface area (Å²) in [6, 6.07) is 0. The van der Waals surface area contributed by atoms with Crippen LogP contribution in [0.5, 0.6) is 0 Å². The van der Waals surface area contributed by atoms with Crippen molar-refractivity contribution in [2.24, 2.45) is 0 Å². The molecule has 0 aromatic carbocycles. The SMILES string of the molecule is ON(O)c1nc(C2=CCCC2)nc2nc[nH]c12. The van der Waals surface area contributed by atoms with E-state index < -0.39 is 0 Å². The number of anilines is 1. The molecule has 1 aliphatic rings. The summed E-state index contributed by atoms with van der Waals surface area (Å²) in [4.78, 5) is 15.2. The maximum absolute atomic E-state index is 9.14. The average molecular weight is 233 g/mol. The van der Waals surface area contributed by atoms with Crippen LogP contribution in [0, 0.1) is 0 Å². The molecule has 2 aromatic heterocycles. The molecule has 0 spiro atoms. The first-order chi connectivity index (χ1) is 8.25. The summed E-state index contributed by atoms with van der Waals surface area (Å²) in [5.41, 5.74) is 1.85. The van der Waals surface area contributed by atoms with Crippen molar-refractivity contribution in [2.45, 2.75) is 19.3 Å². The maximum Gasteiger partial charge on any atom is 0.212 e. The zero-order valence-electron chi connectivity index (χ0n) is 8.96. The number of rotatable bonds is 2. The summed E-state index contributed by atoms with van der Waals surface area (Å²) < 4.78 is 0. The predicted octanol–water partition coefficient (Wildman–Crippen LogP) is 1.50. The van der Waals surface area contributed by atoms with E-state index in [-0.39, 0.29) is 11.0 Å². The van der Waals surface area contributed by atoms with Gasteiger partial charge in [-0.1, -0.05) is 6.08 Å². The van der Waals surface area contributed by atoms with Gasteiger partial charge in [-0.15, -0.1) is 5.23 Å². The molecule has 2 heterocycles. The molecule has 2 aromatic rings. The van der Waals surface area contributed by atoms with Crippen LogP contribution >= 0.6 is 0 Å². The second kappa shape index (κ2) is 3.79. The number of hydrogen-bond donors (Lipinski definition) is 3. The molecule has 3 N–H and O–H groups in total. The van der Waals surface area contributed by atoms with Gasteiger partial charge >= 0.3 is 0 Å². The highest BCUT2D eigenvalue weighted by molar-refractivity contribution is 5.83. The fourth-order valence-corrected chi connectivity index (χ4v) is 1.98. The van der Waals surface area contributed by atoms with Crippen molar-refractivity contribution in [3.8, 4) is 0 Å². The first-order valence-corrected chi connectivity index (χ1v) is 5.34. The van der Waals surface area contributed by atoms with Crippen molar-refractivity contribution in [1.29, 1.82) is 0 Å². The summed E-state index contributed by atoms with van der Waals surface area (Å²) >= 11 is 0. The van der Waals surface area contributed by atoms with Crippen LogP contribution in [-0.4, -0.2) is 30.4 Å². The number of allylic oxidation sites excluding steroid dienone is 2. The molecule has 1 aliphatic carbocycles. The van der Waals surface area contributed by atoms with Crippen molar-refractivity contribution in [2.75, 3.05) is 5.23 Å². The molecule has 0 aliphatic heterocycles. The number of H-pyrrole nitrogens is 1. The maximum atomic E-state index is 9.14. The Morgan fingerprint density at radius 2 is 2.18 bits per heavy atom. The molecule has 0 atom stereocenters. The smallest absolute Gasteiger partial charge is 0.212 e. The highest BCUT2D eigenvalue weighted by atomic mass is 16.8. The number of nitrogens with one attached hydrogen (secondary N) is 1. The first-order valence-electron chi connectivity index (χ1n) is 5.34. The monoisotopic (exact) mass is 233 g/mol. The van der Waals surface area contributed by atoms with Crippen molar-refractivity contribution >= 4 is 22.6 Å². The minimum absolute atomic E-state index is 0.00954. The highest BCUT2D eigenvalue weighted by Crippen LogP contribution is 2.28. The van der Waals surface area contributed by atoms with Gasteiger partial charge in [-0.05, 0) is 24.8 Å². The van der Waals surface area contributed by atoms with E-state index in [1.807, 2.05) is 0 Å². The van der Waals surface area contributed by atoms with Crippen molar-refractivity contribution in [3.63, 3.8) is 0 Å². The molecule has 7 heteroatoms. The minimum Gasteiger partial charge on any atom is -0.340 e. The number of aromatic amines is 1. The zero-order valence-corrected chi connectivity index (χ0v) is 8.96. The van der Waals surface area contributed by atoms with Gasteiger partial charge < -0.3 is 4.98 Å². The number of aromatic nitrogens is 4. The van der Waals surface area contributed by atoms with Crippen LogP contribution < -0.4 is 5.23 Å². The second-order valence-corrected chi connectivity index (χ2v) is 3.88. The van der Waals surface area contributed by atoms with E-state index in [1.54, 1.807) is 0 Å². The van der Waals surface area contributed by atoms with Crippen LogP contribution in [-0.2, 0) is 0 Å². The van der Waals surface area contributed by atoms with E-state index in [0.717, 1.165) is 24.8 Å². The van der Waals surface area contributed by atoms with Crippen LogP contribution in [0.2, 0.25) is 0 Å². The Kier molecular flexibility index (Phi) is 2.27. The molecular weight excluding hydrogens is 222 g/mol. The van der Waals surface area contributed by atoms with E-state index in [4.69, 9.17) is 10.4 Å². The van der Waals surface area contributed by atoms with Crippen LogP contribution in [0.1, 0.15) is 25.1 Å². The van der Waals surface area contributed by atoms with Gasteiger partial charge in [0.05, 0.1) is 6.33 Å². The van der Waals surface area contributed by atoms with Gasteiger partial charge in [0.15, 0.2) is 11.5 Å². The Morgan fingerprint density at radius 1 is 1.29 bits per heavy atom. The van der Waals surface area contributed by atoms with E-state index in [9.17, 15) is 0 Å². The fourth-order valence-electron chi connectivity index (χ4n) is 1.98. The lowest BCUT2D eigenvalue weighted by atomic mass is 10.2. The largest absolute Gasteiger partial charge is 0.340 e. The summed E-state index contributed by atoms with van der Waals surface area (Å²) in [5, 5.41) is 18.3. The van der Waals surface area contributed by atoms with Gasteiger partial charge in [-0.2, -0.15) is 0 Å². The fraction of sp³-hybridized carbons (Fsp3) is 0.300. The molecular formula is C10H11N5O2. The van der Waals surface area contributed by atoms with Crippen LogP contribution in [0.15, 0.2) is 12.4 Å². The van der Waals surface area contributed by atoms with Gasteiger partial charge in [0, 0.05) is 0 Å². The molecule has 7 nitrogen and oxygen atoms in total. The lowest BCUT2D eigenvalue weighted by Gasteiger charge is -2.09. The number of hydrogen-bond acceptors (Lipinski definition) is 6. The van der Waals surface area contributed by atoms with Crippen LogP contribution in [0.25, 0.3) is 16.7 Å². The molecule has 0 unspecified atom stereocenters. The zero-order chi connectivity index (χ0) is 11.8. The van der Waals surface area contributed by atoms with Crippen LogP contribution in [0.3, 0.4) is 0 Å². The predicted molar refractivity (Wildman–Crippen MR) is 59.6 cm³/mol. The van der Waals surface area contributed by atoms with E-state index in [2.05, 4.69) is 26.0 Å². The quantitative estimate of drug-likeness (QED) is 0.680. The summed E-state index contributed by atoms with van der Waals surface area (Å²) in [6.45, 7) is 0. The lowest BCUT2D eigenvalue weighted by molar-refractivity contribution is 0.0275. The Balaban J connectivity index is 2.20. The Labute approximate surface area is 96.4 Å². The summed E-state index contributed by atoms with van der Waals surface area (Å²) in [5.74, 6) is 0.514. The molecule has 0 saturated heterocycles. The van der Waals surface area contributed by atoms with Gasteiger partial charge in [-0.3, -0.25) is 10.4 Å². The van der Waals surface area contributed by atoms with Crippen molar-refractivity contribution in [3.05, 3.63) is 18.2 Å². The second-order valence-electron chi connectivity index (χ2n) is 3.88. The molecule has 0 bridgehead atoms. The molecule has 17 heavy (non-hydrogen) atoms. The van der Waals surface area contributed by atoms with E-state index >= 15 is 0 Å². The third kappa shape index (κ3) is 1.65. The van der Waals surface area contributed by atoms with E-state index in [0.29, 0.717) is 17.0 Å². The standard InChI is InChI=1S/C10H11N5O2/c16-15(17)10-7-9(12-5-11-7)13-8(14-10)6-3-1-2-4-6/h3,5,16-17H,1-2,4H2,(H,11,12,13,14). The molecule has 88 valence electrons. The molecule has 0 amide bonds. The minimum atomic E-state index is -0.0127. The third-order valence-corrected chi connectivity index (χ3v) is 2.78. The topological polar surface area (TPSA) is 98.2 Å². The van der Waals surface area contributed by atoms with Crippen molar-refractivity contribution < 1.29 is 10.4 Å². The third-order valence-electron chi connectivity index (χ3n) is 2.78. The molecule has 0 radical (unpaired) electrons. The molecule has 3 rings (SSSR count). The number of nitrogens with zero attached hydrogens (tertiary/aromatic N) is 4. The Hall–Kier alpha value is -1.99. The van der Waals surface area contributed by atoms with Crippen LogP contribution in [0.4, 0.5) is 5.82 Å². The molecule has 0 saturated carbocycles. The van der Waals surface area contributed by atoms with Gasteiger partial charge in [-0.25, -0.2) is 15.0 Å². The Morgan fingerprint density at radius 3 is 2.88 bits per heavy atom. The summed E-state index contributed by atoms with van der Waals surface area (Å²) in [6.07, 6.45) is 6.51. The summed E-state index contributed by atoms with van der Waals surface area (Å²) in [7, 11) is 0. The first kappa shape index (κ1) is 10.2. The van der Waals surface area contributed by atoms with Crippen molar-refractivity contribution in [1.82, 2.24) is 19.9 Å². The number of fused-ring (bicyclic) bond motifs is 1.